The molecule has 2 amide bonds. The van der Waals surface area contributed by atoms with Crippen molar-refractivity contribution in [3.8, 4) is 17.2 Å². The third-order valence-corrected chi connectivity index (χ3v) is 10.1. The summed E-state index contributed by atoms with van der Waals surface area (Å²) in [6.07, 6.45) is 0.749. The number of rotatable bonds is 9. The lowest BCUT2D eigenvalue weighted by atomic mass is 9.62. The maximum Gasteiger partial charge on any atom is 0.254 e. The topological polar surface area (TPSA) is 111 Å². The Labute approximate surface area is 273 Å². The molecule has 0 bridgehead atoms. The molecule has 238 valence electrons. The van der Waals surface area contributed by atoms with Crippen LogP contribution in [0.2, 0.25) is 10.0 Å². The van der Waals surface area contributed by atoms with Crippen LogP contribution in [-0.2, 0) is 15.0 Å². The molecule has 45 heavy (non-hydrogen) atoms. The summed E-state index contributed by atoms with van der Waals surface area (Å²) in [6, 6.07) is 17.4. The molecular formula is C34H37Cl2N3O6. The molecule has 2 heterocycles. The summed E-state index contributed by atoms with van der Waals surface area (Å²) in [6.45, 7) is 3.53. The van der Waals surface area contributed by atoms with Crippen molar-refractivity contribution in [1.82, 2.24) is 9.80 Å². The molecular weight excluding hydrogens is 617 g/mol. The van der Waals surface area contributed by atoms with Gasteiger partial charge in [0.15, 0.2) is 17.3 Å². The van der Waals surface area contributed by atoms with Crippen LogP contribution in [-0.4, -0.2) is 80.9 Å². The van der Waals surface area contributed by atoms with Gasteiger partial charge in [-0.3, -0.25) is 19.3 Å². The van der Waals surface area contributed by atoms with Crippen molar-refractivity contribution in [3.63, 3.8) is 0 Å². The third-order valence-electron chi connectivity index (χ3n) is 9.37. The highest BCUT2D eigenvalue weighted by atomic mass is 35.5. The summed E-state index contributed by atoms with van der Waals surface area (Å²) in [5.74, 6) is -0.446. The minimum Gasteiger partial charge on any atom is -0.493 e. The number of benzene rings is 3. The van der Waals surface area contributed by atoms with Crippen LogP contribution >= 0.6 is 23.2 Å². The van der Waals surface area contributed by atoms with E-state index in [0.717, 1.165) is 6.42 Å². The Kier molecular flexibility index (Phi) is 9.63. The Morgan fingerprint density at radius 2 is 1.60 bits per heavy atom. The Morgan fingerprint density at radius 1 is 0.933 bits per heavy atom. The molecule has 0 aliphatic carbocycles. The van der Waals surface area contributed by atoms with Gasteiger partial charge in [0.25, 0.3) is 5.91 Å². The molecule has 4 unspecified atom stereocenters. The predicted molar refractivity (Wildman–Crippen MR) is 173 cm³/mol. The molecule has 2 aliphatic heterocycles. The van der Waals surface area contributed by atoms with Crippen molar-refractivity contribution >= 4 is 40.8 Å². The van der Waals surface area contributed by atoms with Crippen LogP contribution in [0.1, 0.15) is 40.7 Å². The second-order valence-electron chi connectivity index (χ2n) is 11.6. The monoisotopic (exact) mass is 653 g/mol. The molecule has 4 atom stereocenters. The second-order valence-corrected chi connectivity index (χ2v) is 12.4. The summed E-state index contributed by atoms with van der Waals surface area (Å²) in [4.78, 5) is 45.2. The predicted octanol–water partition coefficient (Wildman–Crippen LogP) is 4.96. The molecule has 2 fully saturated rings. The highest BCUT2D eigenvalue weighted by molar-refractivity contribution is 6.42. The Balaban J connectivity index is 1.43. The first-order valence-corrected chi connectivity index (χ1v) is 15.5. The highest BCUT2D eigenvalue weighted by Crippen LogP contribution is 2.46. The number of Topliss-reactive ketones (excluding diaryl/α,β-unsaturated/α-hetero) is 1. The number of hydrogen-bond acceptors (Lipinski definition) is 7. The fraction of sp³-hybridized carbons (Fsp3) is 0.382. The number of primary amides is 1. The minimum atomic E-state index is -1.58. The molecule has 3 aromatic carbocycles. The number of ketones is 1. The average Bonchev–Trinajstić information content (AvgIpc) is 3.55. The molecule has 2 saturated heterocycles. The number of carbonyl (C=O) groups is 3. The quantitative estimate of drug-likeness (QED) is 0.325. The number of halogens is 2. The number of piperidine rings is 1. The second kappa shape index (κ2) is 13.3. The number of nitrogens with two attached hydrogens (primary N) is 1. The molecule has 2 N–H and O–H groups in total. The maximum absolute atomic E-state index is 14.3. The molecule has 5 rings (SSSR count). The van der Waals surface area contributed by atoms with Crippen molar-refractivity contribution in [3.05, 3.63) is 87.4 Å². The van der Waals surface area contributed by atoms with Crippen molar-refractivity contribution in [1.29, 1.82) is 0 Å². The van der Waals surface area contributed by atoms with Crippen LogP contribution in [0.15, 0.2) is 60.7 Å². The van der Waals surface area contributed by atoms with Gasteiger partial charge in [0.1, 0.15) is 5.41 Å². The van der Waals surface area contributed by atoms with Gasteiger partial charge in [-0.15, -0.1) is 0 Å². The van der Waals surface area contributed by atoms with E-state index >= 15 is 0 Å². The highest BCUT2D eigenvalue weighted by Gasteiger charge is 2.56. The van der Waals surface area contributed by atoms with E-state index in [1.54, 1.807) is 54.6 Å². The van der Waals surface area contributed by atoms with Crippen molar-refractivity contribution in [2.45, 2.75) is 30.7 Å². The average molecular weight is 655 g/mol. The number of methoxy groups -OCH3 is 3. The first kappa shape index (κ1) is 32.6. The smallest absolute Gasteiger partial charge is 0.254 e. The van der Waals surface area contributed by atoms with E-state index in [-0.39, 0.29) is 30.2 Å². The van der Waals surface area contributed by atoms with Crippen LogP contribution in [0.4, 0.5) is 0 Å². The number of amides is 2. The van der Waals surface area contributed by atoms with E-state index in [9.17, 15) is 14.4 Å². The van der Waals surface area contributed by atoms with Gasteiger partial charge < -0.3 is 24.8 Å². The zero-order chi connectivity index (χ0) is 32.5. The van der Waals surface area contributed by atoms with Crippen molar-refractivity contribution in [2.75, 3.05) is 47.5 Å². The number of carbonyl (C=O) groups excluding carboxylic acids is 3. The van der Waals surface area contributed by atoms with Crippen LogP contribution in [0, 0.1) is 5.92 Å². The van der Waals surface area contributed by atoms with Gasteiger partial charge in [-0.2, -0.15) is 0 Å². The fourth-order valence-corrected chi connectivity index (χ4v) is 7.21. The molecule has 2 aliphatic rings. The third kappa shape index (κ3) is 5.85. The summed E-state index contributed by atoms with van der Waals surface area (Å²) < 4.78 is 16.3. The van der Waals surface area contributed by atoms with Gasteiger partial charge in [0.2, 0.25) is 11.7 Å². The van der Waals surface area contributed by atoms with Gasteiger partial charge in [0.05, 0.1) is 37.9 Å². The Morgan fingerprint density at radius 3 is 2.18 bits per heavy atom. The van der Waals surface area contributed by atoms with Crippen LogP contribution < -0.4 is 19.9 Å². The summed E-state index contributed by atoms with van der Waals surface area (Å²) in [7, 11) is 4.53. The summed E-state index contributed by atoms with van der Waals surface area (Å²) in [5.41, 5.74) is 6.22. The van der Waals surface area contributed by atoms with Gasteiger partial charge in [-0.25, -0.2) is 0 Å². The summed E-state index contributed by atoms with van der Waals surface area (Å²) in [5, 5.41) is 0.704. The van der Waals surface area contributed by atoms with E-state index < -0.39 is 17.2 Å². The zero-order valence-electron chi connectivity index (χ0n) is 25.7. The Bertz CT molecular complexity index is 1580. The normalized spacial score (nSPS) is 22.6. The molecule has 0 saturated carbocycles. The van der Waals surface area contributed by atoms with E-state index in [2.05, 4.69) is 11.8 Å². The van der Waals surface area contributed by atoms with E-state index in [0.29, 0.717) is 63.6 Å². The first-order chi connectivity index (χ1) is 21.6. The van der Waals surface area contributed by atoms with Crippen molar-refractivity contribution in [2.24, 2.45) is 11.7 Å². The minimum absolute atomic E-state index is 0.0359. The van der Waals surface area contributed by atoms with E-state index in [1.807, 2.05) is 11.0 Å². The van der Waals surface area contributed by atoms with Gasteiger partial charge in [-0.05, 0) is 54.7 Å². The molecule has 9 nitrogen and oxygen atoms in total. The fourth-order valence-electron chi connectivity index (χ4n) is 6.90. The molecule has 0 radical (unpaired) electrons. The van der Waals surface area contributed by atoms with Crippen LogP contribution in [0.25, 0.3) is 0 Å². The Hall–Kier alpha value is -3.79. The molecule has 3 aromatic rings. The number of ether oxygens (including phenoxy) is 3. The lowest BCUT2D eigenvalue weighted by Gasteiger charge is -2.47. The lowest BCUT2D eigenvalue weighted by Crippen LogP contribution is -2.63. The van der Waals surface area contributed by atoms with Gasteiger partial charge in [0, 0.05) is 37.2 Å². The SMILES string of the molecule is COc1cc(C(=O)N2CCC(C(C)N3CC(=O)C(C(N)=O)(c4ccccc4)C(c4ccc(Cl)c(Cl)c4)C3)C2)cc(OC)c1OC. The number of hydrogen-bond donors (Lipinski definition) is 1. The lowest BCUT2D eigenvalue weighted by molar-refractivity contribution is -0.141. The first-order valence-electron chi connectivity index (χ1n) is 14.7. The van der Waals surface area contributed by atoms with Crippen molar-refractivity contribution < 1.29 is 28.6 Å². The number of nitrogens with zero attached hydrogens (tertiary/aromatic N) is 2. The number of likely N-dealkylation sites (tertiary alicyclic amines) is 2. The molecule has 0 aromatic heterocycles. The van der Waals surface area contributed by atoms with Gasteiger partial charge in [-0.1, -0.05) is 59.6 Å². The standard InChI is InChI=1S/C34H37Cl2N3O6/c1-20(22-12-13-38(17-22)32(41)23-15-28(43-2)31(45-4)29(16-23)44-3)39-18-25(21-10-11-26(35)27(36)14-21)34(33(37)42,30(40)19-39)24-8-6-5-7-9-24/h5-11,14-16,20,22,25H,12-13,17-19H2,1-4H3,(H2,37,42). The van der Waals surface area contributed by atoms with Crippen LogP contribution in [0.5, 0.6) is 17.2 Å². The zero-order valence-corrected chi connectivity index (χ0v) is 27.2. The van der Waals surface area contributed by atoms with E-state index in [4.69, 9.17) is 43.1 Å². The maximum atomic E-state index is 14.3. The molecule has 0 spiro atoms. The van der Waals surface area contributed by atoms with E-state index in [1.165, 1.54) is 21.3 Å². The van der Waals surface area contributed by atoms with Gasteiger partial charge >= 0.3 is 0 Å². The summed E-state index contributed by atoms with van der Waals surface area (Å²) >= 11 is 12.7. The largest absolute Gasteiger partial charge is 0.493 e. The molecule has 11 heteroatoms. The van der Waals surface area contributed by atoms with Crippen LogP contribution in [0.3, 0.4) is 0 Å².